The predicted octanol–water partition coefficient (Wildman–Crippen LogP) is 4.55. The van der Waals surface area contributed by atoms with Gasteiger partial charge in [0.25, 0.3) is 0 Å². The fourth-order valence-corrected chi connectivity index (χ4v) is 6.23. The van der Waals surface area contributed by atoms with Crippen LogP contribution in [0.1, 0.15) is 96.5 Å². The first-order chi connectivity index (χ1) is 16.1. The SMILES string of the molecule is CC(C)N1CC2CCC(C1)N2c1ncc(C2CCNCC2)cn1.CCC(=O)C1CCCCC1. The van der Waals surface area contributed by atoms with Gasteiger partial charge in [-0.05, 0) is 76.9 Å². The Balaban J connectivity index is 0.000000219. The lowest BCUT2D eigenvalue weighted by Crippen LogP contribution is -2.56. The van der Waals surface area contributed by atoms with E-state index in [0.717, 1.165) is 51.4 Å². The van der Waals surface area contributed by atoms with Crippen LogP contribution in [0.5, 0.6) is 0 Å². The third kappa shape index (κ3) is 6.13. The van der Waals surface area contributed by atoms with Crippen molar-refractivity contribution in [2.75, 3.05) is 31.1 Å². The first-order valence-corrected chi connectivity index (χ1v) is 13.6. The summed E-state index contributed by atoms with van der Waals surface area (Å²) < 4.78 is 0. The highest BCUT2D eigenvalue weighted by atomic mass is 16.1. The second-order valence-corrected chi connectivity index (χ2v) is 10.8. The predicted molar refractivity (Wildman–Crippen MR) is 135 cm³/mol. The third-order valence-corrected chi connectivity index (χ3v) is 8.35. The number of anilines is 1. The van der Waals surface area contributed by atoms with Crippen molar-refractivity contribution in [1.82, 2.24) is 20.2 Å². The molecular formula is C27H45N5O. The lowest BCUT2D eigenvalue weighted by Gasteiger charge is -2.42. The number of carbonyl (C=O) groups excluding carboxylic acids is 1. The Kier molecular flexibility index (Phi) is 8.75. The van der Waals surface area contributed by atoms with Crippen LogP contribution in [0.3, 0.4) is 0 Å². The number of Topliss-reactive ketones (excluding diaryl/α,β-unsaturated/α-hetero) is 1. The monoisotopic (exact) mass is 455 g/mol. The minimum atomic E-state index is 0.429. The Morgan fingerprint density at radius 3 is 2.12 bits per heavy atom. The highest BCUT2D eigenvalue weighted by Crippen LogP contribution is 2.34. The molecule has 1 N–H and O–H groups in total. The molecule has 0 amide bonds. The number of piperazine rings is 1. The number of likely N-dealkylation sites (tertiary alicyclic amines) is 1. The Morgan fingerprint density at radius 1 is 0.970 bits per heavy atom. The van der Waals surface area contributed by atoms with Crippen LogP contribution in [-0.2, 0) is 4.79 Å². The van der Waals surface area contributed by atoms with Crippen molar-refractivity contribution < 1.29 is 4.79 Å². The molecule has 4 heterocycles. The molecule has 2 atom stereocenters. The summed E-state index contributed by atoms with van der Waals surface area (Å²) in [6.07, 6.45) is 16.1. The van der Waals surface area contributed by atoms with E-state index >= 15 is 0 Å². The molecule has 4 aliphatic rings. The number of aromatic nitrogens is 2. The topological polar surface area (TPSA) is 61.4 Å². The van der Waals surface area contributed by atoms with Crippen molar-refractivity contribution in [3.63, 3.8) is 0 Å². The average Bonchev–Trinajstić information content (AvgIpc) is 3.13. The maximum atomic E-state index is 11.2. The van der Waals surface area contributed by atoms with Crippen LogP contribution in [0.15, 0.2) is 12.4 Å². The first-order valence-electron chi connectivity index (χ1n) is 13.6. The van der Waals surface area contributed by atoms with E-state index in [2.05, 4.69) is 41.4 Å². The summed E-state index contributed by atoms with van der Waals surface area (Å²) in [7, 11) is 0. The number of ketones is 1. The van der Waals surface area contributed by atoms with Gasteiger partial charge in [-0.2, -0.15) is 0 Å². The second kappa shape index (κ2) is 11.7. The van der Waals surface area contributed by atoms with Gasteiger partial charge in [0.2, 0.25) is 5.95 Å². The maximum Gasteiger partial charge on any atom is 0.225 e. The summed E-state index contributed by atoms with van der Waals surface area (Å²) in [5, 5.41) is 3.43. The number of nitrogens with zero attached hydrogens (tertiary/aromatic N) is 4. The molecule has 6 heteroatoms. The second-order valence-electron chi connectivity index (χ2n) is 10.8. The quantitative estimate of drug-likeness (QED) is 0.703. The smallest absolute Gasteiger partial charge is 0.225 e. The van der Waals surface area contributed by atoms with Crippen LogP contribution in [0.4, 0.5) is 5.95 Å². The Bertz CT molecular complexity index is 725. The molecule has 33 heavy (non-hydrogen) atoms. The van der Waals surface area contributed by atoms with Gasteiger partial charge in [-0.15, -0.1) is 0 Å². The number of nitrogens with one attached hydrogen (secondary N) is 1. The van der Waals surface area contributed by atoms with Gasteiger partial charge >= 0.3 is 0 Å². The maximum absolute atomic E-state index is 11.2. The van der Waals surface area contributed by atoms with E-state index in [-0.39, 0.29) is 0 Å². The molecule has 1 aliphatic carbocycles. The van der Waals surface area contributed by atoms with Gasteiger partial charge in [0.15, 0.2) is 0 Å². The number of fused-ring (bicyclic) bond motifs is 2. The molecule has 4 fully saturated rings. The van der Waals surface area contributed by atoms with E-state index in [1.54, 1.807) is 0 Å². The number of piperidine rings is 1. The Labute approximate surface area is 200 Å². The largest absolute Gasteiger partial charge is 0.332 e. The van der Waals surface area contributed by atoms with E-state index in [4.69, 9.17) is 9.97 Å². The molecule has 6 nitrogen and oxygen atoms in total. The first kappa shape index (κ1) is 24.6. The van der Waals surface area contributed by atoms with Gasteiger partial charge in [-0.3, -0.25) is 9.69 Å². The lowest BCUT2D eigenvalue weighted by atomic mass is 9.85. The zero-order valence-electron chi connectivity index (χ0n) is 21.1. The van der Waals surface area contributed by atoms with Crippen molar-refractivity contribution in [2.45, 2.75) is 109 Å². The van der Waals surface area contributed by atoms with E-state index < -0.39 is 0 Å². The molecule has 1 aromatic rings. The van der Waals surface area contributed by atoms with Crippen molar-refractivity contribution in [1.29, 1.82) is 0 Å². The fraction of sp³-hybridized carbons (Fsp3) is 0.815. The molecule has 5 rings (SSSR count). The van der Waals surface area contributed by atoms with Crippen LogP contribution < -0.4 is 10.2 Å². The zero-order chi connectivity index (χ0) is 23.2. The van der Waals surface area contributed by atoms with Crippen LogP contribution in [0.25, 0.3) is 0 Å². The number of hydrogen-bond donors (Lipinski definition) is 1. The van der Waals surface area contributed by atoms with Crippen LogP contribution in [0, 0.1) is 5.92 Å². The molecule has 1 saturated carbocycles. The highest BCUT2D eigenvalue weighted by molar-refractivity contribution is 5.80. The number of carbonyl (C=O) groups is 1. The normalized spacial score (nSPS) is 26.8. The van der Waals surface area contributed by atoms with E-state index in [1.807, 2.05) is 6.92 Å². The van der Waals surface area contributed by atoms with E-state index in [1.165, 1.54) is 50.5 Å². The van der Waals surface area contributed by atoms with Gasteiger partial charge in [-0.1, -0.05) is 26.2 Å². The van der Waals surface area contributed by atoms with Gasteiger partial charge < -0.3 is 10.2 Å². The van der Waals surface area contributed by atoms with Crippen molar-refractivity contribution in [3.8, 4) is 0 Å². The molecule has 1 aromatic heterocycles. The molecule has 3 saturated heterocycles. The van der Waals surface area contributed by atoms with Gasteiger partial charge in [0.05, 0.1) is 0 Å². The molecule has 3 aliphatic heterocycles. The summed E-state index contributed by atoms with van der Waals surface area (Å²) in [5.74, 6) is 2.51. The minimum Gasteiger partial charge on any atom is -0.332 e. The van der Waals surface area contributed by atoms with Gasteiger partial charge in [0.1, 0.15) is 5.78 Å². The van der Waals surface area contributed by atoms with Crippen LogP contribution in [-0.4, -0.2) is 65.0 Å². The Morgan fingerprint density at radius 2 is 1.58 bits per heavy atom. The third-order valence-electron chi connectivity index (χ3n) is 8.35. The molecule has 0 spiro atoms. The van der Waals surface area contributed by atoms with Crippen molar-refractivity contribution in [3.05, 3.63) is 18.0 Å². The summed E-state index contributed by atoms with van der Waals surface area (Å²) in [4.78, 5) is 25.8. The zero-order valence-corrected chi connectivity index (χ0v) is 21.1. The standard InChI is InChI=1S/C18H29N5.C9H16O/c1-13(2)22-11-16-3-4-17(12-22)23(16)18-20-9-15(10-21-18)14-5-7-19-8-6-14;1-2-9(10)8-6-4-3-5-7-8/h9-10,13-14,16-17,19H,3-8,11-12H2,1-2H3;8H,2-7H2,1H3. The number of hydrogen-bond acceptors (Lipinski definition) is 6. The molecule has 2 bridgehead atoms. The minimum absolute atomic E-state index is 0.429. The van der Waals surface area contributed by atoms with Crippen molar-refractivity contribution >= 4 is 11.7 Å². The molecular weight excluding hydrogens is 410 g/mol. The van der Waals surface area contributed by atoms with E-state index in [9.17, 15) is 4.79 Å². The van der Waals surface area contributed by atoms with Crippen molar-refractivity contribution in [2.24, 2.45) is 5.92 Å². The highest BCUT2D eigenvalue weighted by Gasteiger charge is 2.41. The van der Waals surface area contributed by atoms with Gasteiger partial charge in [-0.25, -0.2) is 9.97 Å². The molecule has 2 unspecified atom stereocenters. The summed E-state index contributed by atoms with van der Waals surface area (Å²) >= 11 is 0. The molecule has 0 radical (unpaired) electrons. The van der Waals surface area contributed by atoms with Crippen LogP contribution >= 0.6 is 0 Å². The lowest BCUT2D eigenvalue weighted by molar-refractivity contribution is -0.123. The summed E-state index contributed by atoms with van der Waals surface area (Å²) in [6, 6.07) is 1.84. The molecule has 184 valence electrons. The summed E-state index contributed by atoms with van der Waals surface area (Å²) in [5.41, 5.74) is 1.32. The van der Waals surface area contributed by atoms with E-state index in [0.29, 0.717) is 35.7 Å². The fourth-order valence-electron chi connectivity index (χ4n) is 6.23. The Hall–Kier alpha value is -1.53. The van der Waals surface area contributed by atoms with Gasteiger partial charge in [0, 0.05) is 55.9 Å². The summed E-state index contributed by atoms with van der Waals surface area (Å²) in [6.45, 7) is 11.1. The average molecular weight is 456 g/mol. The number of rotatable bonds is 5. The molecule has 0 aromatic carbocycles. The van der Waals surface area contributed by atoms with Crippen LogP contribution in [0.2, 0.25) is 0 Å².